The number of rotatable bonds is 11. The molecule has 0 aliphatic carbocycles. The molecule has 1 heterocycles. The lowest BCUT2D eigenvalue weighted by atomic mass is 10.1. The van der Waals surface area contributed by atoms with Gasteiger partial charge in [-0.15, -0.1) is 0 Å². The van der Waals surface area contributed by atoms with Gasteiger partial charge in [0.25, 0.3) is 0 Å². The lowest BCUT2D eigenvalue weighted by Crippen LogP contribution is -1.99. The predicted octanol–water partition coefficient (Wildman–Crippen LogP) is 5.32. The van der Waals surface area contributed by atoms with E-state index >= 15 is 0 Å². The van der Waals surface area contributed by atoms with Crippen LogP contribution in [0.15, 0.2) is 42.7 Å². The van der Waals surface area contributed by atoms with Gasteiger partial charge in [-0.2, -0.15) is 0 Å². The first-order chi connectivity index (χ1) is 14.7. The summed E-state index contributed by atoms with van der Waals surface area (Å²) in [5.41, 5.74) is 2.97. The lowest BCUT2D eigenvalue weighted by molar-refractivity contribution is 0.269. The van der Waals surface area contributed by atoms with Crippen LogP contribution in [-0.2, 0) is 15.5 Å². The van der Waals surface area contributed by atoms with Crippen molar-refractivity contribution in [3.8, 4) is 11.5 Å². The Labute approximate surface area is 178 Å². The van der Waals surface area contributed by atoms with Crippen LogP contribution in [0.1, 0.15) is 19.4 Å². The summed E-state index contributed by atoms with van der Waals surface area (Å²) >= 11 is 0. The molecule has 7 nitrogen and oxygen atoms in total. The maximum atomic E-state index is 5.68. The van der Waals surface area contributed by atoms with Crippen molar-refractivity contribution >= 4 is 30.8 Å². The molecule has 160 valence electrons. The second-order valence-corrected chi connectivity index (χ2v) is 8.04. The highest BCUT2D eigenvalue weighted by atomic mass is 31.2. The predicted molar refractivity (Wildman–Crippen MR) is 121 cm³/mol. The number of hydrogen-bond donors (Lipinski definition) is 1. The van der Waals surface area contributed by atoms with Crippen LogP contribution in [0.3, 0.4) is 0 Å². The molecule has 0 radical (unpaired) electrons. The van der Waals surface area contributed by atoms with Gasteiger partial charge in [-0.3, -0.25) is 0 Å². The monoisotopic (exact) mass is 429 g/mol. The molecular weight excluding hydrogens is 401 g/mol. The van der Waals surface area contributed by atoms with E-state index in [-0.39, 0.29) is 0 Å². The quantitative estimate of drug-likeness (QED) is 0.414. The van der Waals surface area contributed by atoms with Gasteiger partial charge < -0.3 is 23.8 Å². The fourth-order valence-corrected chi connectivity index (χ4v) is 4.40. The summed E-state index contributed by atoms with van der Waals surface area (Å²) in [6.45, 7) is 5.35. The van der Waals surface area contributed by atoms with Crippen molar-refractivity contribution in [1.29, 1.82) is 0 Å². The van der Waals surface area contributed by atoms with Crippen LogP contribution in [0.5, 0.6) is 11.5 Å². The molecule has 0 fully saturated rings. The third-order valence-corrected chi connectivity index (χ3v) is 6.17. The topological polar surface area (TPSA) is 74.7 Å². The fraction of sp³-hybridized carbons (Fsp3) is 0.364. The minimum Gasteiger partial charge on any atom is -0.493 e. The molecule has 3 rings (SSSR count). The van der Waals surface area contributed by atoms with Crippen LogP contribution in [0, 0.1) is 0 Å². The zero-order valence-electron chi connectivity index (χ0n) is 17.8. The van der Waals surface area contributed by atoms with Gasteiger partial charge in [-0.1, -0.05) is 12.1 Å². The molecule has 1 aromatic heterocycles. The molecule has 0 spiro atoms. The highest BCUT2D eigenvalue weighted by Gasteiger charge is 2.12. The minimum absolute atomic E-state index is 0.637. The standard InChI is InChI=1S/C22H28N3O4P/c1-5-28-30(29-6-2)12-11-16-7-9-17(10-8-16)25-22-18-13-20(26-3)21(27-4)14-19(18)23-15-24-22/h7-10,13-15H,5-6,11-12H2,1-4H3,(H,23,24,25). The molecule has 0 atom stereocenters. The zero-order valence-corrected chi connectivity index (χ0v) is 18.7. The largest absolute Gasteiger partial charge is 0.493 e. The van der Waals surface area contributed by atoms with E-state index in [1.165, 1.54) is 11.9 Å². The van der Waals surface area contributed by atoms with Crippen molar-refractivity contribution in [2.75, 3.05) is 38.9 Å². The van der Waals surface area contributed by atoms with Crippen molar-refractivity contribution in [1.82, 2.24) is 9.97 Å². The summed E-state index contributed by atoms with van der Waals surface area (Å²) in [7, 11) is 2.41. The van der Waals surface area contributed by atoms with E-state index in [4.69, 9.17) is 18.5 Å². The summed E-state index contributed by atoms with van der Waals surface area (Å²) in [6.07, 6.45) is 3.34. The fourth-order valence-electron chi connectivity index (χ4n) is 3.05. The second-order valence-electron chi connectivity index (χ2n) is 6.41. The Morgan fingerprint density at radius 2 is 1.57 bits per heavy atom. The zero-order chi connectivity index (χ0) is 21.3. The van der Waals surface area contributed by atoms with Crippen molar-refractivity contribution in [3.63, 3.8) is 0 Å². The van der Waals surface area contributed by atoms with Gasteiger partial charge in [-0.05, 0) is 44.0 Å². The molecule has 0 bridgehead atoms. The Kier molecular flexibility index (Phi) is 8.20. The molecule has 0 aliphatic heterocycles. The van der Waals surface area contributed by atoms with Crippen LogP contribution in [0.4, 0.5) is 11.5 Å². The first kappa shape index (κ1) is 22.2. The molecule has 0 amide bonds. The molecule has 0 unspecified atom stereocenters. The number of nitrogens with one attached hydrogen (secondary N) is 1. The lowest BCUT2D eigenvalue weighted by Gasteiger charge is -2.15. The molecular formula is C22H28N3O4P. The van der Waals surface area contributed by atoms with E-state index in [0.717, 1.165) is 29.2 Å². The molecule has 3 aromatic rings. The van der Waals surface area contributed by atoms with Crippen LogP contribution >= 0.6 is 8.38 Å². The van der Waals surface area contributed by atoms with Crippen LogP contribution < -0.4 is 14.8 Å². The SMILES string of the molecule is CCOP(CCc1ccc(Nc2ncnc3cc(OC)c(OC)cc23)cc1)OCC. The van der Waals surface area contributed by atoms with E-state index < -0.39 is 8.38 Å². The molecule has 2 aromatic carbocycles. The molecule has 0 saturated carbocycles. The molecule has 0 saturated heterocycles. The molecule has 8 heteroatoms. The number of fused-ring (bicyclic) bond motifs is 1. The Bertz CT molecular complexity index is 947. The number of ether oxygens (including phenoxy) is 2. The van der Waals surface area contributed by atoms with Gasteiger partial charge in [-0.25, -0.2) is 9.97 Å². The summed E-state index contributed by atoms with van der Waals surface area (Å²) in [4.78, 5) is 8.75. The Morgan fingerprint density at radius 1 is 0.900 bits per heavy atom. The summed E-state index contributed by atoms with van der Waals surface area (Å²) in [5, 5.41) is 4.24. The number of benzene rings is 2. The molecule has 0 aliphatic rings. The second kappa shape index (κ2) is 11.1. The van der Waals surface area contributed by atoms with E-state index in [9.17, 15) is 0 Å². The minimum atomic E-state index is -0.816. The van der Waals surface area contributed by atoms with E-state index in [2.05, 4.69) is 27.4 Å². The van der Waals surface area contributed by atoms with Crippen LogP contribution in [-0.4, -0.2) is 43.6 Å². The summed E-state index contributed by atoms with van der Waals surface area (Å²) in [5.74, 6) is 1.99. The smallest absolute Gasteiger partial charge is 0.170 e. The van der Waals surface area contributed by atoms with Crippen molar-refractivity contribution in [2.24, 2.45) is 0 Å². The van der Waals surface area contributed by atoms with E-state index in [0.29, 0.717) is 30.5 Å². The van der Waals surface area contributed by atoms with E-state index in [1.54, 1.807) is 14.2 Å². The van der Waals surface area contributed by atoms with Crippen molar-refractivity contribution in [2.45, 2.75) is 20.3 Å². The summed E-state index contributed by atoms with van der Waals surface area (Å²) in [6, 6.07) is 12.1. The van der Waals surface area contributed by atoms with Crippen LogP contribution in [0.2, 0.25) is 0 Å². The molecule has 1 N–H and O–H groups in total. The number of anilines is 2. The van der Waals surface area contributed by atoms with Gasteiger partial charge in [0.2, 0.25) is 0 Å². The molecule has 30 heavy (non-hydrogen) atoms. The van der Waals surface area contributed by atoms with Gasteiger partial charge in [0.1, 0.15) is 12.1 Å². The summed E-state index contributed by atoms with van der Waals surface area (Å²) < 4.78 is 22.1. The first-order valence-electron chi connectivity index (χ1n) is 9.94. The third-order valence-electron chi connectivity index (χ3n) is 4.49. The normalized spacial score (nSPS) is 11.1. The first-order valence-corrected chi connectivity index (χ1v) is 11.3. The van der Waals surface area contributed by atoms with Gasteiger partial charge in [0.15, 0.2) is 19.9 Å². The van der Waals surface area contributed by atoms with E-state index in [1.807, 2.05) is 38.1 Å². The van der Waals surface area contributed by atoms with Gasteiger partial charge >= 0.3 is 0 Å². The number of methoxy groups -OCH3 is 2. The highest BCUT2D eigenvalue weighted by Crippen LogP contribution is 2.38. The van der Waals surface area contributed by atoms with Crippen molar-refractivity contribution in [3.05, 3.63) is 48.3 Å². The van der Waals surface area contributed by atoms with Gasteiger partial charge in [0.05, 0.1) is 33.0 Å². The number of aryl methyl sites for hydroxylation is 1. The number of aromatic nitrogens is 2. The van der Waals surface area contributed by atoms with Crippen molar-refractivity contribution < 1.29 is 18.5 Å². The average Bonchev–Trinajstić information content (AvgIpc) is 2.78. The average molecular weight is 429 g/mol. The number of nitrogens with zero attached hydrogens (tertiary/aromatic N) is 2. The third kappa shape index (κ3) is 5.57. The number of hydrogen-bond acceptors (Lipinski definition) is 7. The Balaban J connectivity index is 1.73. The van der Waals surface area contributed by atoms with Crippen LogP contribution in [0.25, 0.3) is 10.9 Å². The maximum absolute atomic E-state index is 5.68. The van der Waals surface area contributed by atoms with Gasteiger partial charge in [0, 0.05) is 23.3 Å². The Morgan fingerprint density at radius 3 is 2.20 bits per heavy atom. The maximum Gasteiger partial charge on any atom is 0.170 e. The highest BCUT2D eigenvalue weighted by molar-refractivity contribution is 7.47. The Hall–Kier alpha value is -2.47.